The first-order chi connectivity index (χ1) is 8.58. The highest BCUT2D eigenvalue weighted by Crippen LogP contribution is 2.15. The van der Waals surface area contributed by atoms with E-state index < -0.39 is 11.7 Å². The maximum absolute atomic E-state index is 13.5. The molecule has 94 valence electrons. The van der Waals surface area contributed by atoms with Crippen molar-refractivity contribution in [2.45, 2.75) is 6.54 Å². The van der Waals surface area contributed by atoms with Crippen molar-refractivity contribution in [3.8, 4) is 0 Å². The molecular formula is C11H10BrFN4O. The summed E-state index contributed by atoms with van der Waals surface area (Å²) in [5.74, 6) is -0.700. The van der Waals surface area contributed by atoms with Gasteiger partial charge in [0, 0.05) is 16.6 Å². The number of aromatic nitrogens is 2. The molecule has 5 nitrogen and oxygen atoms in total. The smallest absolute Gasteiger partial charge is 0.254 e. The number of nitrogens with one attached hydrogen (secondary N) is 2. The van der Waals surface area contributed by atoms with Crippen LogP contribution in [0.25, 0.3) is 0 Å². The van der Waals surface area contributed by atoms with Crippen LogP contribution >= 0.6 is 15.9 Å². The summed E-state index contributed by atoms with van der Waals surface area (Å²) in [6, 6.07) is 4.25. The van der Waals surface area contributed by atoms with Crippen molar-refractivity contribution in [1.82, 2.24) is 15.5 Å². The highest BCUT2D eigenvalue weighted by Gasteiger charge is 2.12. The van der Waals surface area contributed by atoms with Gasteiger partial charge >= 0.3 is 0 Å². The Hall–Kier alpha value is -1.89. The Morgan fingerprint density at radius 1 is 1.56 bits per heavy atom. The van der Waals surface area contributed by atoms with Crippen LogP contribution in [0.4, 0.5) is 10.2 Å². The number of carbonyl (C=O) groups excluding carboxylic acids is 1. The fraction of sp³-hybridized carbons (Fsp3) is 0.0909. The van der Waals surface area contributed by atoms with Gasteiger partial charge in [0.1, 0.15) is 11.6 Å². The maximum atomic E-state index is 13.5. The monoisotopic (exact) mass is 312 g/mol. The molecule has 0 aliphatic rings. The van der Waals surface area contributed by atoms with Crippen molar-refractivity contribution in [2.75, 3.05) is 5.73 Å². The van der Waals surface area contributed by atoms with Crippen LogP contribution in [0.15, 0.2) is 28.9 Å². The quantitative estimate of drug-likeness (QED) is 0.808. The minimum atomic E-state index is -0.581. The van der Waals surface area contributed by atoms with Gasteiger partial charge in [0.05, 0.1) is 11.8 Å². The van der Waals surface area contributed by atoms with E-state index in [1.807, 2.05) is 0 Å². The molecule has 0 saturated carbocycles. The first-order valence-corrected chi connectivity index (χ1v) is 5.88. The van der Waals surface area contributed by atoms with E-state index in [-0.39, 0.29) is 12.1 Å². The average Bonchev–Trinajstić information content (AvgIpc) is 2.72. The fourth-order valence-corrected chi connectivity index (χ4v) is 1.74. The number of hydrogen-bond acceptors (Lipinski definition) is 3. The molecule has 1 aromatic heterocycles. The molecule has 0 atom stereocenters. The number of aromatic amines is 1. The van der Waals surface area contributed by atoms with Crippen LogP contribution in [0.3, 0.4) is 0 Å². The van der Waals surface area contributed by atoms with Gasteiger partial charge in [-0.2, -0.15) is 5.10 Å². The molecule has 2 aromatic rings. The number of hydrogen-bond donors (Lipinski definition) is 3. The number of halogens is 2. The van der Waals surface area contributed by atoms with Gasteiger partial charge < -0.3 is 11.1 Å². The molecule has 0 radical (unpaired) electrons. The second-order valence-corrected chi connectivity index (χ2v) is 4.53. The number of rotatable bonds is 3. The number of nitrogens with zero attached hydrogens (tertiary/aromatic N) is 1. The van der Waals surface area contributed by atoms with Crippen molar-refractivity contribution < 1.29 is 9.18 Å². The number of anilines is 1. The molecule has 4 N–H and O–H groups in total. The Labute approximate surface area is 111 Å². The number of nitrogens with two attached hydrogens (primary N) is 1. The van der Waals surface area contributed by atoms with Crippen LogP contribution in [0.2, 0.25) is 0 Å². The number of amides is 1. The molecule has 2 rings (SSSR count). The molecule has 0 aliphatic heterocycles. The number of nitrogen functional groups attached to an aromatic ring is 1. The van der Waals surface area contributed by atoms with Crippen LogP contribution in [-0.4, -0.2) is 16.1 Å². The molecule has 1 amide bonds. The third kappa shape index (κ3) is 2.67. The van der Waals surface area contributed by atoms with Gasteiger partial charge in [0.25, 0.3) is 5.91 Å². The van der Waals surface area contributed by atoms with Crippen LogP contribution in [0.5, 0.6) is 0 Å². The standard InChI is InChI=1S/C11H10BrFN4O/c12-7-1-2-8(9(13)3-7)11(18)15-4-6-5-16-17-10(6)14/h1-3,5H,4H2,(H,15,18)(H3,14,16,17). The zero-order valence-corrected chi connectivity index (χ0v) is 10.8. The number of carbonyl (C=O) groups is 1. The predicted octanol–water partition coefficient (Wildman–Crippen LogP) is 1.82. The second-order valence-electron chi connectivity index (χ2n) is 3.62. The second kappa shape index (κ2) is 5.18. The zero-order valence-electron chi connectivity index (χ0n) is 9.21. The van der Waals surface area contributed by atoms with Gasteiger partial charge in [-0.3, -0.25) is 9.89 Å². The summed E-state index contributed by atoms with van der Waals surface area (Å²) in [5, 5.41) is 8.84. The lowest BCUT2D eigenvalue weighted by Gasteiger charge is -2.05. The number of benzene rings is 1. The molecule has 7 heteroatoms. The summed E-state index contributed by atoms with van der Waals surface area (Å²) < 4.78 is 14.1. The zero-order chi connectivity index (χ0) is 13.1. The Balaban J connectivity index is 2.06. The highest BCUT2D eigenvalue weighted by molar-refractivity contribution is 9.10. The predicted molar refractivity (Wildman–Crippen MR) is 68.3 cm³/mol. The van der Waals surface area contributed by atoms with Crippen LogP contribution in [-0.2, 0) is 6.54 Å². The van der Waals surface area contributed by atoms with Crippen molar-refractivity contribution in [3.63, 3.8) is 0 Å². The summed E-state index contributed by atoms with van der Waals surface area (Å²) in [6.45, 7) is 0.191. The third-order valence-electron chi connectivity index (χ3n) is 2.37. The molecule has 0 fully saturated rings. The minimum absolute atomic E-state index is 0.0136. The van der Waals surface area contributed by atoms with E-state index in [0.717, 1.165) is 0 Å². The first-order valence-electron chi connectivity index (χ1n) is 5.09. The molecule has 0 aliphatic carbocycles. The topological polar surface area (TPSA) is 83.8 Å². The largest absolute Gasteiger partial charge is 0.384 e. The fourth-order valence-electron chi connectivity index (χ4n) is 1.41. The first kappa shape index (κ1) is 12.6. The lowest BCUT2D eigenvalue weighted by molar-refractivity contribution is 0.0947. The average molecular weight is 313 g/mol. The van der Waals surface area contributed by atoms with Crippen LogP contribution in [0.1, 0.15) is 15.9 Å². The Kier molecular flexibility index (Phi) is 3.61. The Morgan fingerprint density at radius 2 is 2.33 bits per heavy atom. The molecule has 0 unspecified atom stereocenters. The van der Waals surface area contributed by atoms with E-state index in [9.17, 15) is 9.18 Å². The van der Waals surface area contributed by atoms with E-state index >= 15 is 0 Å². The summed E-state index contributed by atoms with van der Waals surface area (Å²) in [5.41, 5.74) is 6.21. The molecular weight excluding hydrogens is 303 g/mol. The van der Waals surface area contributed by atoms with Gasteiger partial charge in [0.15, 0.2) is 0 Å². The van der Waals surface area contributed by atoms with E-state index in [0.29, 0.717) is 15.9 Å². The molecule has 0 spiro atoms. The lowest BCUT2D eigenvalue weighted by atomic mass is 10.2. The van der Waals surface area contributed by atoms with Crippen molar-refractivity contribution in [1.29, 1.82) is 0 Å². The summed E-state index contributed by atoms with van der Waals surface area (Å²) in [6.07, 6.45) is 1.51. The number of H-pyrrole nitrogens is 1. The highest BCUT2D eigenvalue weighted by atomic mass is 79.9. The van der Waals surface area contributed by atoms with E-state index in [1.54, 1.807) is 6.07 Å². The van der Waals surface area contributed by atoms with E-state index in [1.165, 1.54) is 18.3 Å². The van der Waals surface area contributed by atoms with E-state index in [2.05, 4.69) is 31.4 Å². The Bertz CT molecular complexity index is 584. The molecule has 1 aromatic carbocycles. The summed E-state index contributed by atoms with van der Waals surface area (Å²) in [4.78, 5) is 11.7. The van der Waals surface area contributed by atoms with E-state index in [4.69, 9.17) is 5.73 Å². The minimum Gasteiger partial charge on any atom is -0.384 e. The van der Waals surface area contributed by atoms with Gasteiger partial charge in [-0.25, -0.2) is 4.39 Å². The van der Waals surface area contributed by atoms with Gasteiger partial charge in [-0.05, 0) is 18.2 Å². The molecule has 0 bridgehead atoms. The Morgan fingerprint density at radius 3 is 2.94 bits per heavy atom. The van der Waals surface area contributed by atoms with Crippen molar-refractivity contribution in [3.05, 3.63) is 45.8 Å². The lowest BCUT2D eigenvalue weighted by Crippen LogP contribution is -2.24. The van der Waals surface area contributed by atoms with Gasteiger partial charge in [-0.15, -0.1) is 0 Å². The molecule has 18 heavy (non-hydrogen) atoms. The molecule has 1 heterocycles. The normalized spacial score (nSPS) is 10.3. The SMILES string of the molecule is Nc1[nH]ncc1CNC(=O)c1ccc(Br)cc1F. The van der Waals surface area contributed by atoms with Crippen molar-refractivity contribution >= 4 is 27.7 Å². The van der Waals surface area contributed by atoms with Gasteiger partial charge in [0.2, 0.25) is 0 Å². The van der Waals surface area contributed by atoms with Crippen LogP contribution in [0, 0.1) is 5.82 Å². The molecule has 0 saturated heterocycles. The van der Waals surface area contributed by atoms with Crippen molar-refractivity contribution in [2.24, 2.45) is 0 Å². The van der Waals surface area contributed by atoms with Gasteiger partial charge in [-0.1, -0.05) is 15.9 Å². The summed E-state index contributed by atoms with van der Waals surface area (Å²) in [7, 11) is 0. The van der Waals surface area contributed by atoms with Crippen LogP contribution < -0.4 is 11.1 Å². The summed E-state index contributed by atoms with van der Waals surface area (Å²) >= 11 is 3.12. The third-order valence-corrected chi connectivity index (χ3v) is 2.86. The maximum Gasteiger partial charge on any atom is 0.254 e.